The normalized spacial score (nSPS) is 15.2. The van der Waals surface area contributed by atoms with Gasteiger partial charge in [-0.3, -0.25) is 4.79 Å². The van der Waals surface area contributed by atoms with Crippen LogP contribution < -0.4 is 10.6 Å². The van der Waals surface area contributed by atoms with Crippen molar-refractivity contribution in [2.24, 2.45) is 0 Å². The molecule has 3 rings (SSSR count). The molecule has 24 heavy (non-hydrogen) atoms. The molecule has 0 aliphatic carbocycles. The van der Waals surface area contributed by atoms with Gasteiger partial charge in [0.1, 0.15) is 5.82 Å². The van der Waals surface area contributed by atoms with Gasteiger partial charge in [-0.1, -0.05) is 12.1 Å². The number of hydrogen-bond acceptors (Lipinski definition) is 3. The van der Waals surface area contributed by atoms with Crippen molar-refractivity contribution in [1.82, 2.24) is 15.5 Å². The molecule has 6 nitrogen and oxygen atoms in total. The van der Waals surface area contributed by atoms with Crippen LogP contribution in [0, 0.1) is 5.82 Å². The Morgan fingerprint density at radius 2 is 2.25 bits per heavy atom. The summed E-state index contributed by atoms with van der Waals surface area (Å²) in [5.41, 5.74) is 0.770. The summed E-state index contributed by atoms with van der Waals surface area (Å²) in [7, 11) is 0. The number of rotatable bonds is 6. The number of nitrogens with one attached hydrogen (secondary N) is 2. The number of carbonyl (C=O) groups excluding carboxylic acids is 2. The van der Waals surface area contributed by atoms with E-state index in [1.807, 2.05) is 0 Å². The monoisotopic (exact) mass is 331 g/mol. The summed E-state index contributed by atoms with van der Waals surface area (Å²) in [6.07, 6.45) is 1.87. The van der Waals surface area contributed by atoms with Gasteiger partial charge in [0.2, 0.25) is 0 Å². The maximum Gasteiger partial charge on any atom is 0.317 e. The van der Waals surface area contributed by atoms with Gasteiger partial charge in [-0.05, 0) is 36.2 Å². The molecule has 1 fully saturated rings. The van der Waals surface area contributed by atoms with Crippen LogP contribution in [0.1, 0.15) is 16.1 Å². The van der Waals surface area contributed by atoms with Crippen LogP contribution >= 0.6 is 0 Å². The summed E-state index contributed by atoms with van der Waals surface area (Å²) < 4.78 is 18.5. The third-order valence-corrected chi connectivity index (χ3v) is 3.93. The van der Waals surface area contributed by atoms with Crippen molar-refractivity contribution < 1.29 is 18.4 Å². The maximum absolute atomic E-state index is 13.4. The van der Waals surface area contributed by atoms with E-state index in [-0.39, 0.29) is 36.1 Å². The Morgan fingerprint density at radius 3 is 2.92 bits per heavy atom. The van der Waals surface area contributed by atoms with Crippen LogP contribution in [0.5, 0.6) is 0 Å². The number of urea groups is 1. The number of amides is 3. The summed E-state index contributed by atoms with van der Waals surface area (Å²) in [5, 5.41) is 5.51. The van der Waals surface area contributed by atoms with Crippen molar-refractivity contribution in [1.29, 1.82) is 0 Å². The lowest BCUT2D eigenvalue weighted by Gasteiger charge is -2.27. The van der Waals surface area contributed by atoms with Crippen molar-refractivity contribution in [2.75, 3.05) is 19.6 Å². The molecule has 1 aliphatic rings. The molecule has 0 unspecified atom stereocenters. The van der Waals surface area contributed by atoms with Crippen LogP contribution in [0.15, 0.2) is 47.1 Å². The molecule has 0 bridgehead atoms. The predicted molar refractivity (Wildman–Crippen MR) is 85.0 cm³/mol. The zero-order chi connectivity index (χ0) is 16.9. The molecule has 0 spiro atoms. The standard InChI is InChI=1S/C17H18FN3O3/c18-13-4-1-3-12(9-13)10-14(21-7-6-19-17(21)23)11-20-16(22)15-5-2-8-24-15/h1-5,8-9,14H,6-7,10-11H2,(H,19,23)(H,20,22)/t14-/m0/s1. The number of nitrogens with zero attached hydrogens (tertiary/aromatic N) is 1. The first-order valence-electron chi connectivity index (χ1n) is 7.74. The second-order valence-electron chi connectivity index (χ2n) is 5.60. The van der Waals surface area contributed by atoms with E-state index in [1.54, 1.807) is 29.2 Å². The molecule has 2 N–H and O–H groups in total. The Bertz CT molecular complexity index is 718. The highest BCUT2D eigenvalue weighted by Gasteiger charge is 2.28. The molecule has 1 aromatic heterocycles. The van der Waals surface area contributed by atoms with Crippen LogP contribution in [0.25, 0.3) is 0 Å². The highest BCUT2D eigenvalue weighted by molar-refractivity contribution is 5.91. The van der Waals surface area contributed by atoms with Crippen molar-refractivity contribution in [2.45, 2.75) is 12.5 Å². The topological polar surface area (TPSA) is 74.6 Å². The highest BCUT2D eigenvalue weighted by Crippen LogP contribution is 2.13. The van der Waals surface area contributed by atoms with Gasteiger partial charge in [0.15, 0.2) is 5.76 Å². The van der Waals surface area contributed by atoms with Gasteiger partial charge < -0.3 is 20.0 Å². The molecular weight excluding hydrogens is 313 g/mol. The van der Waals surface area contributed by atoms with Gasteiger partial charge in [0.25, 0.3) is 5.91 Å². The van der Waals surface area contributed by atoms with E-state index in [4.69, 9.17) is 4.42 Å². The number of hydrogen-bond donors (Lipinski definition) is 2. The van der Waals surface area contributed by atoms with E-state index in [0.717, 1.165) is 5.56 Å². The lowest BCUT2D eigenvalue weighted by Crippen LogP contribution is -2.46. The SMILES string of the molecule is O=C(NC[C@H](Cc1cccc(F)c1)N1CCNC1=O)c1ccco1. The maximum atomic E-state index is 13.4. The first kappa shape index (κ1) is 16.0. The molecular formula is C17H18FN3O3. The lowest BCUT2D eigenvalue weighted by molar-refractivity contribution is 0.0912. The van der Waals surface area contributed by atoms with Gasteiger partial charge in [-0.25, -0.2) is 9.18 Å². The van der Waals surface area contributed by atoms with Crippen LogP contribution in [0.4, 0.5) is 9.18 Å². The molecule has 1 aromatic carbocycles. The van der Waals surface area contributed by atoms with Crippen molar-refractivity contribution in [3.63, 3.8) is 0 Å². The first-order valence-corrected chi connectivity index (χ1v) is 7.74. The van der Waals surface area contributed by atoms with Crippen LogP contribution in [-0.2, 0) is 6.42 Å². The zero-order valence-electron chi connectivity index (χ0n) is 13.0. The van der Waals surface area contributed by atoms with Crippen LogP contribution in [0.3, 0.4) is 0 Å². The van der Waals surface area contributed by atoms with E-state index < -0.39 is 0 Å². The average Bonchev–Trinajstić information content (AvgIpc) is 3.23. The van der Waals surface area contributed by atoms with Crippen molar-refractivity contribution in [3.8, 4) is 0 Å². The second-order valence-corrected chi connectivity index (χ2v) is 5.60. The van der Waals surface area contributed by atoms with Crippen molar-refractivity contribution >= 4 is 11.9 Å². The van der Waals surface area contributed by atoms with E-state index in [0.29, 0.717) is 19.5 Å². The largest absolute Gasteiger partial charge is 0.459 e. The van der Waals surface area contributed by atoms with E-state index in [9.17, 15) is 14.0 Å². The molecule has 1 saturated heterocycles. The second kappa shape index (κ2) is 7.16. The summed E-state index contributed by atoms with van der Waals surface area (Å²) >= 11 is 0. The minimum absolute atomic E-state index is 0.177. The third kappa shape index (κ3) is 3.73. The van der Waals surface area contributed by atoms with E-state index >= 15 is 0 Å². The predicted octanol–water partition coefficient (Wildman–Crippen LogP) is 1.78. The fourth-order valence-electron chi connectivity index (χ4n) is 2.77. The number of furan rings is 1. The van der Waals surface area contributed by atoms with E-state index in [1.165, 1.54) is 18.4 Å². The van der Waals surface area contributed by atoms with Crippen molar-refractivity contribution in [3.05, 3.63) is 59.8 Å². The zero-order valence-corrected chi connectivity index (χ0v) is 13.0. The molecule has 2 aromatic rings. The Hall–Kier alpha value is -2.83. The molecule has 1 aliphatic heterocycles. The first-order chi connectivity index (χ1) is 11.6. The number of halogens is 1. The van der Waals surface area contributed by atoms with Gasteiger partial charge in [0, 0.05) is 19.6 Å². The quantitative estimate of drug-likeness (QED) is 0.847. The highest BCUT2D eigenvalue weighted by atomic mass is 19.1. The molecule has 1 atom stereocenters. The summed E-state index contributed by atoms with van der Waals surface area (Å²) in [6.45, 7) is 1.36. The van der Waals surface area contributed by atoms with Gasteiger partial charge in [0.05, 0.1) is 12.3 Å². The molecule has 0 saturated carbocycles. The molecule has 126 valence electrons. The Morgan fingerprint density at radius 1 is 1.38 bits per heavy atom. The Labute approximate surface area is 138 Å². The minimum atomic E-state index is -0.344. The summed E-state index contributed by atoms with van der Waals surface area (Å²) in [4.78, 5) is 25.6. The Kier molecular flexibility index (Phi) is 4.79. The summed E-state index contributed by atoms with van der Waals surface area (Å²) in [5.74, 6) is -0.453. The molecule has 2 heterocycles. The van der Waals surface area contributed by atoms with Gasteiger partial charge in [-0.15, -0.1) is 0 Å². The van der Waals surface area contributed by atoms with Crippen LogP contribution in [0.2, 0.25) is 0 Å². The smallest absolute Gasteiger partial charge is 0.317 e. The number of carbonyl (C=O) groups is 2. The summed E-state index contributed by atoms with van der Waals surface area (Å²) in [6, 6.07) is 9.00. The Balaban J connectivity index is 1.70. The van der Waals surface area contributed by atoms with Crippen LogP contribution in [-0.4, -0.2) is 42.5 Å². The fraction of sp³-hybridized carbons (Fsp3) is 0.294. The average molecular weight is 331 g/mol. The van der Waals surface area contributed by atoms with Gasteiger partial charge in [-0.2, -0.15) is 0 Å². The fourth-order valence-corrected chi connectivity index (χ4v) is 2.77. The van der Waals surface area contributed by atoms with Gasteiger partial charge >= 0.3 is 6.03 Å². The molecule has 7 heteroatoms. The third-order valence-electron chi connectivity index (χ3n) is 3.93. The molecule has 3 amide bonds. The lowest BCUT2D eigenvalue weighted by atomic mass is 10.0. The number of benzene rings is 1. The van der Waals surface area contributed by atoms with E-state index in [2.05, 4.69) is 10.6 Å². The molecule has 0 radical (unpaired) electrons. The minimum Gasteiger partial charge on any atom is -0.459 e.